The minimum atomic E-state index is -0.471. The minimum Gasteiger partial charge on any atom is -0.473 e. The highest BCUT2D eigenvalue weighted by atomic mass is 35.5. The van der Waals surface area contributed by atoms with Crippen molar-refractivity contribution in [3.8, 4) is 5.75 Å². The van der Waals surface area contributed by atoms with E-state index in [0.717, 1.165) is 22.0 Å². The zero-order valence-electron chi connectivity index (χ0n) is 14.0. The molecule has 1 aliphatic rings. The molecule has 3 aromatic carbocycles. The van der Waals surface area contributed by atoms with Gasteiger partial charge >= 0.3 is 5.63 Å². The second-order valence-electron chi connectivity index (χ2n) is 6.42. The summed E-state index contributed by atoms with van der Waals surface area (Å²) in [6.07, 6.45) is 0. The Hall–Kier alpha value is -3.05. The summed E-state index contributed by atoms with van der Waals surface area (Å²) in [5.74, 6) is 0.201. The third-order valence-corrected chi connectivity index (χ3v) is 5.13. The van der Waals surface area contributed by atoms with Gasteiger partial charge < -0.3 is 14.1 Å². The van der Waals surface area contributed by atoms with Gasteiger partial charge in [0.15, 0.2) is 6.73 Å². The predicted molar refractivity (Wildman–Crippen MR) is 103 cm³/mol. The minimum absolute atomic E-state index is 0.0498. The van der Waals surface area contributed by atoms with Gasteiger partial charge in [-0.3, -0.25) is 0 Å². The smallest absolute Gasteiger partial charge is 0.344 e. The number of anilines is 1. The highest BCUT2D eigenvalue weighted by Gasteiger charge is 2.23. The fourth-order valence-electron chi connectivity index (χ4n) is 3.50. The number of fused-ring (bicyclic) bond motifs is 5. The predicted octanol–water partition coefficient (Wildman–Crippen LogP) is 5.10. The van der Waals surface area contributed by atoms with Crippen LogP contribution in [0.5, 0.6) is 5.75 Å². The summed E-state index contributed by atoms with van der Waals surface area (Å²) >= 11 is 5.91. The van der Waals surface area contributed by atoms with Gasteiger partial charge in [0.1, 0.15) is 17.1 Å². The molecule has 0 atom stereocenters. The Bertz CT molecular complexity index is 1270. The first-order chi connectivity index (χ1) is 13.1. The normalized spacial score (nSPS) is 13.6. The molecule has 0 amide bonds. The van der Waals surface area contributed by atoms with Crippen LogP contribution in [0.2, 0.25) is 5.02 Å². The highest BCUT2D eigenvalue weighted by molar-refractivity contribution is 6.31. The van der Waals surface area contributed by atoms with Gasteiger partial charge in [-0.25, -0.2) is 9.18 Å². The van der Waals surface area contributed by atoms with E-state index in [0.29, 0.717) is 23.3 Å². The Kier molecular flexibility index (Phi) is 3.58. The first-order valence-electron chi connectivity index (χ1n) is 8.42. The van der Waals surface area contributed by atoms with Crippen LogP contribution in [0.4, 0.5) is 10.1 Å². The van der Waals surface area contributed by atoms with Crippen molar-refractivity contribution in [2.45, 2.75) is 6.54 Å². The van der Waals surface area contributed by atoms with E-state index in [-0.39, 0.29) is 17.4 Å². The van der Waals surface area contributed by atoms with Crippen molar-refractivity contribution in [1.82, 2.24) is 0 Å². The number of hydrogen-bond donors (Lipinski definition) is 0. The number of halogens is 2. The van der Waals surface area contributed by atoms with E-state index < -0.39 is 5.82 Å². The maximum atomic E-state index is 13.5. The molecule has 1 aromatic heterocycles. The molecule has 0 saturated carbocycles. The van der Waals surface area contributed by atoms with Crippen molar-refractivity contribution in [2.75, 3.05) is 11.6 Å². The van der Waals surface area contributed by atoms with Gasteiger partial charge in [0.05, 0.1) is 22.5 Å². The third-order valence-electron chi connectivity index (χ3n) is 4.84. The molecule has 0 bridgehead atoms. The Morgan fingerprint density at radius 3 is 2.63 bits per heavy atom. The van der Waals surface area contributed by atoms with Crippen LogP contribution in [0, 0.1) is 5.82 Å². The van der Waals surface area contributed by atoms with Crippen molar-refractivity contribution in [3.05, 3.63) is 81.4 Å². The van der Waals surface area contributed by atoms with Crippen LogP contribution < -0.4 is 15.3 Å². The Labute approximate surface area is 158 Å². The van der Waals surface area contributed by atoms with Gasteiger partial charge in [0, 0.05) is 11.1 Å². The average molecular weight is 382 g/mol. The van der Waals surface area contributed by atoms with E-state index in [4.69, 9.17) is 20.8 Å². The second kappa shape index (κ2) is 5.99. The topological polar surface area (TPSA) is 42.7 Å². The lowest BCUT2D eigenvalue weighted by atomic mass is 10.0. The van der Waals surface area contributed by atoms with Gasteiger partial charge in [0.2, 0.25) is 0 Å². The van der Waals surface area contributed by atoms with Crippen LogP contribution in [-0.2, 0) is 6.54 Å². The zero-order chi connectivity index (χ0) is 18.5. The molecule has 6 heteroatoms. The van der Waals surface area contributed by atoms with E-state index in [1.165, 1.54) is 6.07 Å². The number of hydrogen-bond acceptors (Lipinski definition) is 4. The van der Waals surface area contributed by atoms with Crippen molar-refractivity contribution in [1.29, 1.82) is 0 Å². The molecule has 0 aliphatic carbocycles. The fraction of sp³-hybridized carbons (Fsp3) is 0.0952. The molecule has 0 fully saturated rings. The molecular weight excluding hydrogens is 369 g/mol. The first kappa shape index (κ1) is 16.1. The molecule has 1 aliphatic heterocycles. The summed E-state index contributed by atoms with van der Waals surface area (Å²) in [7, 11) is 0. The van der Waals surface area contributed by atoms with E-state index in [1.54, 1.807) is 18.2 Å². The summed E-state index contributed by atoms with van der Waals surface area (Å²) in [4.78, 5) is 14.3. The molecule has 4 nitrogen and oxygen atoms in total. The maximum absolute atomic E-state index is 13.5. The van der Waals surface area contributed by atoms with E-state index >= 15 is 0 Å². The van der Waals surface area contributed by atoms with Gasteiger partial charge in [0.25, 0.3) is 0 Å². The van der Waals surface area contributed by atoms with Crippen molar-refractivity contribution in [2.24, 2.45) is 0 Å². The lowest BCUT2D eigenvalue weighted by molar-refractivity contribution is 0.289. The number of rotatable bonds is 1. The van der Waals surface area contributed by atoms with Crippen LogP contribution in [0.15, 0.2) is 63.8 Å². The molecule has 0 N–H and O–H groups in total. The quantitative estimate of drug-likeness (QED) is 0.340. The SMILES string of the molecule is O=c1oc2c3c(ccc2c2ccccc12)OCN(c1ccc(F)c(Cl)c1)C3. The van der Waals surface area contributed by atoms with Crippen LogP contribution in [0.25, 0.3) is 21.7 Å². The Morgan fingerprint density at radius 1 is 1.00 bits per heavy atom. The van der Waals surface area contributed by atoms with Gasteiger partial charge in [-0.2, -0.15) is 0 Å². The molecule has 5 rings (SSSR count). The van der Waals surface area contributed by atoms with Crippen molar-refractivity contribution < 1.29 is 13.5 Å². The van der Waals surface area contributed by atoms with E-state index in [2.05, 4.69) is 0 Å². The Morgan fingerprint density at radius 2 is 1.81 bits per heavy atom. The molecule has 27 heavy (non-hydrogen) atoms. The highest BCUT2D eigenvalue weighted by Crippen LogP contribution is 2.36. The van der Waals surface area contributed by atoms with Crippen molar-refractivity contribution >= 4 is 39.0 Å². The molecule has 2 heterocycles. The van der Waals surface area contributed by atoms with Crippen LogP contribution in [0.3, 0.4) is 0 Å². The Balaban J connectivity index is 1.68. The summed E-state index contributed by atoms with van der Waals surface area (Å²) in [6, 6.07) is 15.7. The lowest BCUT2D eigenvalue weighted by Crippen LogP contribution is -2.32. The average Bonchev–Trinajstić information content (AvgIpc) is 2.70. The van der Waals surface area contributed by atoms with E-state index in [9.17, 15) is 9.18 Å². The van der Waals surface area contributed by atoms with Crippen LogP contribution in [-0.4, -0.2) is 6.73 Å². The molecule has 0 spiro atoms. The summed E-state index contributed by atoms with van der Waals surface area (Å²) < 4.78 is 25.0. The van der Waals surface area contributed by atoms with Gasteiger partial charge in [-0.05, 0) is 41.8 Å². The number of ether oxygens (including phenoxy) is 1. The largest absolute Gasteiger partial charge is 0.473 e. The lowest BCUT2D eigenvalue weighted by Gasteiger charge is -2.31. The summed E-state index contributed by atoms with van der Waals surface area (Å²) in [6.45, 7) is 0.744. The van der Waals surface area contributed by atoms with Gasteiger partial charge in [-0.15, -0.1) is 0 Å². The molecule has 0 radical (unpaired) electrons. The second-order valence-corrected chi connectivity index (χ2v) is 6.83. The molecule has 4 aromatic rings. The van der Waals surface area contributed by atoms with E-state index in [1.807, 2.05) is 35.2 Å². The molecule has 134 valence electrons. The zero-order valence-corrected chi connectivity index (χ0v) is 14.8. The van der Waals surface area contributed by atoms with Crippen LogP contribution in [0.1, 0.15) is 5.56 Å². The summed E-state index contributed by atoms with van der Waals surface area (Å²) in [5.41, 5.74) is 1.64. The van der Waals surface area contributed by atoms with Crippen LogP contribution >= 0.6 is 11.6 Å². The monoisotopic (exact) mass is 381 g/mol. The fourth-order valence-corrected chi connectivity index (χ4v) is 3.67. The number of nitrogens with zero attached hydrogens (tertiary/aromatic N) is 1. The molecule has 0 saturated heterocycles. The molecular formula is C21H13ClFNO3. The first-order valence-corrected chi connectivity index (χ1v) is 8.80. The summed E-state index contributed by atoms with van der Waals surface area (Å²) in [5, 5.41) is 2.29. The number of benzene rings is 3. The third kappa shape index (κ3) is 2.54. The van der Waals surface area contributed by atoms with Gasteiger partial charge in [-0.1, -0.05) is 29.8 Å². The molecule has 0 unspecified atom stereocenters. The standard InChI is InChI=1S/C21H13ClFNO3/c22-17-9-12(5-7-18(17)23)24-10-16-19(26-11-24)8-6-14-13-3-1-2-4-15(13)21(25)27-20(14)16/h1-9H,10-11H2. The van der Waals surface area contributed by atoms with Crippen molar-refractivity contribution in [3.63, 3.8) is 0 Å². The maximum Gasteiger partial charge on any atom is 0.344 e.